The third-order valence-corrected chi connectivity index (χ3v) is 6.56. The van der Waals surface area contributed by atoms with Gasteiger partial charge in [0.25, 0.3) is 0 Å². The molecule has 1 aromatic rings. The van der Waals surface area contributed by atoms with Crippen LogP contribution in [0, 0.1) is 0 Å². The van der Waals surface area contributed by atoms with Crippen molar-refractivity contribution in [3.63, 3.8) is 0 Å². The maximum Gasteiger partial charge on any atom is 0.326 e. The van der Waals surface area contributed by atoms with Gasteiger partial charge in [0.1, 0.15) is 23.9 Å². The lowest BCUT2D eigenvalue weighted by atomic mass is 10.0. The Labute approximate surface area is 197 Å². The lowest BCUT2D eigenvalue weighted by molar-refractivity contribution is -0.148. The van der Waals surface area contributed by atoms with E-state index in [2.05, 4.69) is 17.9 Å². The summed E-state index contributed by atoms with van der Waals surface area (Å²) in [6.07, 6.45) is 2.22. The summed E-state index contributed by atoms with van der Waals surface area (Å²) in [5.41, 5.74) is 6.46. The number of carbonyl (C=O) groups is 4. The molecular formula is C22H30N4O6S. The molecule has 3 rings (SSSR count). The van der Waals surface area contributed by atoms with E-state index in [0.29, 0.717) is 44.3 Å². The minimum atomic E-state index is -1.19. The first-order valence-electron chi connectivity index (χ1n) is 11.0. The van der Waals surface area contributed by atoms with Crippen molar-refractivity contribution >= 4 is 36.3 Å². The standard InChI is InChI=1S/C22H30N4O6S/c23-15(12-33)20(29)26-10-2-4-18(26)21(30)25-9-1-3-17(25)19(28)24-16(22(31)32)11-13-5-7-14(27)8-6-13/h5-8,15-18,27,33H,1-4,9-12,23H2,(H,24,28)(H,31,32)/t15-,16-,17-,18-/m0/s1. The fourth-order valence-corrected chi connectivity index (χ4v) is 4.56. The van der Waals surface area contributed by atoms with Crippen LogP contribution in [0.15, 0.2) is 24.3 Å². The second kappa shape index (κ2) is 10.9. The van der Waals surface area contributed by atoms with Gasteiger partial charge in [0.15, 0.2) is 0 Å². The van der Waals surface area contributed by atoms with E-state index in [1.807, 2.05) is 0 Å². The fraction of sp³-hybridized carbons (Fsp3) is 0.545. The molecule has 0 aliphatic carbocycles. The highest BCUT2D eigenvalue weighted by molar-refractivity contribution is 7.80. The zero-order chi connectivity index (χ0) is 24.1. The van der Waals surface area contributed by atoms with Gasteiger partial charge in [0, 0.05) is 25.3 Å². The Bertz CT molecular complexity index is 895. The van der Waals surface area contributed by atoms with E-state index in [1.54, 1.807) is 12.1 Å². The highest BCUT2D eigenvalue weighted by atomic mass is 32.1. The molecule has 0 saturated carbocycles. The molecule has 33 heavy (non-hydrogen) atoms. The van der Waals surface area contributed by atoms with Gasteiger partial charge in [0.2, 0.25) is 17.7 Å². The predicted octanol–water partition coefficient (Wildman–Crippen LogP) is -0.257. The summed E-state index contributed by atoms with van der Waals surface area (Å²) in [6, 6.07) is 2.62. The Morgan fingerprint density at radius 3 is 2.27 bits per heavy atom. The smallest absolute Gasteiger partial charge is 0.326 e. The highest BCUT2D eigenvalue weighted by Crippen LogP contribution is 2.25. The number of carbonyl (C=O) groups excluding carboxylic acids is 3. The van der Waals surface area contributed by atoms with Crippen molar-refractivity contribution in [1.29, 1.82) is 0 Å². The van der Waals surface area contributed by atoms with Crippen LogP contribution in [0.3, 0.4) is 0 Å². The monoisotopic (exact) mass is 478 g/mol. The van der Waals surface area contributed by atoms with Crippen molar-refractivity contribution < 1.29 is 29.4 Å². The number of aromatic hydroxyl groups is 1. The van der Waals surface area contributed by atoms with E-state index in [-0.39, 0.29) is 29.7 Å². The second-order valence-corrected chi connectivity index (χ2v) is 8.80. The molecule has 2 aliphatic rings. The lowest BCUT2D eigenvalue weighted by Crippen LogP contribution is -2.56. The van der Waals surface area contributed by atoms with E-state index in [9.17, 15) is 29.4 Å². The van der Waals surface area contributed by atoms with Crippen LogP contribution in [0.25, 0.3) is 0 Å². The van der Waals surface area contributed by atoms with Crippen molar-refractivity contribution in [2.45, 2.75) is 56.3 Å². The summed E-state index contributed by atoms with van der Waals surface area (Å²) in [4.78, 5) is 53.5. The molecule has 11 heteroatoms. The van der Waals surface area contributed by atoms with Crippen molar-refractivity contribution in [3.05, 3.63) is 29.8 Å². The maximum absolute atomic E-state index is 13.3. The lowest BCUT2D eigenvalue weighted by Gasteiger charge is -2.32. The Hall–Kier alpha value is -2.79. The van der Waals surface area contributed by atoms with E-state index in [1.165, 1.54) is 21.9 Å². The maximum atomic E-state index is 13.3. The van der Waals surface area contributed by atoms with E-state index in [4.69, 9.17) is 5.73 Å². The van der Waals surface area contributed by atoms with Gasteiger partial charge in [0.05, 0.1) is 6.04 Å². The summed E-state index contributed by atoms with van der Waals surface area (Å²) >= 11 is 4.07. The van der Waals surface area contributed by atoms with Crippen molar-refractivity contribution in [2.75, 3.05) is 18.8 Å². The quantitative estimate of drug-likeness (QED) is 0.323. The number of nitrogens with two attached hydrogens (primary N) is 1. The number of likely N-dealkylation sites (tertiary alicyclic amines) is 2. The molecule has 0 aromatic heterocycles. The number of benzene rings is 1. The van der Waals surface area contributed by atoms with Gasteiger partial charge in [-0.05, 0) is 43.4 Å². The third-order valence-electron chi connectivity index (χ3n) is 6.16. The Morgan fingerprint density at radius 2 is 1.67 bits per heavy atom. The number of aliphatic carboxylic acids is 1. The Kier molecular flexibility index (Phi) is 8.20. The summed E-state index contributed by atoms with van der Waals surface area (Å²) in [5, 5.41) is 21.5. The van der Waals surface area contributed by atoms with Crippen LogP contribution in [0.4, 0.5) is 0 Å². The zero-order valence-corrected chi connectivity index (χ0v) is 19.1. The van der Waals surface area contributed by atoms with Crippen molar-refractivity contribution in [1.82, 2.24) is 15.1 Å². The number of carboxylic acid groups (broad SMARTS) is 1. The first-order chi connectivity index (χ1) is 15.7. The van der Waals surface area contributed by atoms with Crippen LogP contribution >= 0.6 is 12.6 Å². The summed E-state index contributed by atoms with van der Waals surface area (Å²) < 4.78 is 0. The number of carboxylic acids is 1. The molecular weight excluding hydrogens is 448 g/mol. The average molecular weight is 479 g/mol. The number of hydrogen-bond acceptors (Lipinski definition) is 7. The zero-order valence-electron chi connectivity index (χ0n) is 18.2. The number of amides is 3. The van der Waals surface area contributed by atoms with E-state index in [0.717, 1.165) is 0 Å². The molecule has 0 bridgehead atoms. The van der Waals surface area contributed by atoms with Crippen LogP contribution in [-0.2, 0) is 25.6 Å². The van der Waals surface area contributed by atoms with Crippen LogP contribution in [-0.4, -0.2) is 86.7 Å². The Balaban J connectivity index is 1.68. The average Bonchev–Trinajstić information content (AvgIpc) is 3.48. The summed E-state index contributed by atoms with van der Waals surface area (Å²) in [7, 11) is 0. The van der Waals surface area contributed by atoms with E-state index < -0.39 is 36.0 Å². The van der Waals surface area contributed by atoms with Gasteiger partial charge in [-0.25, -0.2) is 4.79 Å². The molecule has 5 N–H and O–H groups in total. The topological polar surface area (TPSA) is 153 Å². The number of thiol groups is 1. The van der Waals surface area contributed by atoms with Crippen LogP contribution < -0.4 is 11.1 Å². The number of phenols is 1. The number of hydrogen-bond donors (Lipinski definition) is 5. The van der Waals surface area contributed by atoms with Gasteiger partial charge in [-0.15, -0.1) is 0 Å². The molecule has 4 atom stereocenters. The van der Waals surface area contributed by atoms with Crippen molar-refractivity contribution in [3.8, 4) is 5.75 Å². The van der Waals surface area contributed by atoms with Gasteiger partial charge < -0.3 is 31.1 Å². The second-order valence-electron chi connectivity index (χ2n) is 8.44. The Morgan fingerprint density at radius 1 is 1.06 bits per heavy atom. The van der Waals surface area contributed by atoms with Crippen LogP contribution in [0.1, 0.15) is 31.2 Å². The minimum Gasteiger partial charge on any atom is -0.508 e. The van der Waals surface area contributed by atoms with Crippen LogP contribution in [0.2, 0.25) is 0 Å². The molecule has 0 spiro atoms. The highest BCUT2D eigenvalue weighted by Gasteiger charge is 2.43. The molecule has 10 nitrogen and oxygen atoms in total. The SMILES string of the molecule is N[C@@H](CS)C(=O)N1CCC[C@H]1C(=O)N1CCC[C@H]1C(=O)N[C@@H](Cc1ccc(O)cc1)C(=O)O. The summed E-state index contributed by atoms with van der Waals surface area (Å²) in [5.74, 6) is -2.14. The number of rotatable bonds is 8. The van der Waals surface area contributed by atoms with Gasteiger partial charge in [-0.2, -0.15) is 12.6 Å². The molecule has 3 amide bonds. The third kappa shape index (κ3) is 5.77. The molecule has 180 valence electrons. The normalized spacial score (nSPS) is 22.1. The number of phenolic OH excluding ortho intramolecular Hbond substituents is 1. The first kappa shape index (κ1) is 24.8. The predicted molar refractivity (Wildman–Crippen MR) is 123 cm³/mol. The first-order valence-corrected chi connectivity index (χ1v) is 11.6. The molecule has 0 unspecified atom stereocenters. The molecule has 2 fully saturated rings. The van der Waals surface area contributed by atoms with Crippen LogP contribution in [0.5, 0.6) is 5.75 Å². The molecule has 0 radical (unpaired) electrons. The molecule has 2 saturated heterocycles. The van der Waals surface area contributed by atoms with Gasteiger partial charge in [-0.3, -0.25) is 14.4 Å². The molecule has 1 aromatic carbocycles. The largest absolute Gasteiger partial charge is 0.508 e. The van der Waals surface area contributed by atoms with Gasteiger partial charge in [-0.1, -0.05) is 12.1 Å². The fourth-order valence-electron chi connectivity index (χ4n) is 4.41. The van der Waals surface area contributed by atoms with Crippen molar-refractivity contribution in [2.24, 2.45) is 5.73 Å². The number of nitrogens with one attached hydrogen (secondary N) is 1. The number of nitrogens with zero attached hydrogens (tertiary/aromatic N) is 2. The van der Waals surface area contributed by atoms with E-state index >= 15 is 0 Å². The van der Waals surface area contributed by atoms with Gasteiger partial charge >= 0.3 is 5.97 Å². The molecule has 2 aliphatic heterocycles. The summed E-state index contributed by atoms with van der Waals surface area (Å²) in [6.45, 7) is 0.791. The minimum absolute atomic E-state index is 0.0363. The molecule has 2 heterocycles.